The summed E-state index contributed by atoms with van der Waals surface area (Å²) < 4.78 is 5.67. The Morgan fingerprint density at radius 3 is 1.82 bits per heavy atom. The van der Waals surface area contributed by atoms with Gasteiger partial charge in [-0.3, -0.25) is 0 Å². The van der Waals surface area contributed by atoms with E-state index < -0.39 is 0 Å². The van der Waals surface area contributed by atoms with Gasteiger partial charge in [-0.25, -0.2) is 0 Å². The zero-order valence-corrected chi connectivity index (χ0v) is 8.77. The first kappa shape index (κ1) is 11.0. The van der Waals surface area contributed by atoms with Crippen molar-refractivity contribution in [2.45, 2.75) is 47.6 Å². The van der Waals surface area contributed by atoms with Crippen LogP contribution in [-0.2, 0) is 4.74 Å². The van der Waals surface area contributed by atoms with E-state index in [9.17, 15) is 0 Å². The van der Waals surface area contributed by atoms with Gasteiger partial charge in [0.05, 0.1) is 12.7 Å². The Bertz CT molecular complexity index is 99.9. The summed E-state index contributed by atoms with van der Waals surface area (Å²) in [6, 6.07) is 0. The summed E-state index contributed by atoms with van der Waals surface area (Å²) in [4.78, 5) is 0. The van der Waals surface area contributed by atoms with Crippen LogP contribution in [0.15, 0.2) is 0 Å². The van der Waals surface area contributed by atoms with Crippen LogP contribution in [0.4, 0.5) is 0 Å². The van der Waals surface area contributed by atoms with Gasteiger partial charge in [-0.15, -0.1) is 0 Å². The smallest absolute Gasteiger partial charge is 0.0570 e. The zero-order chi connectivity index (χ0) is 9.07. The van der Waals surface area contributed by atoms with Crippen LogP contribution in [0.1, 0.15) is 41.5 Å². The van der Waals surface area contributed by atoms with Gasteiger partial charge in [0.2, 0.25) is 0 Å². The molecule has 0 radical (unpaired) electrons. The van der Waals surface area contributed by atoms with Gasteiger partial charge in [-0.2, -0.15) is 0 Å². The van der Waals surface area contributed by atoms with Crippen LogP contribution in [0.3, 0.4) is 0 Å². The molecule has 0 rings (SSSR count). The zero-order valence-electron chi connectivity index (χ0n) is 8.77. The molecule has 0 aromatic carbocycles. The van der Waals surface area contributed by atoms with Crippen LogP contribution < -0.4 is 0 Å². The number of hydrogen-bond acceptors (Lipinski definition) is 1. The lowest BCUT2D eigenvalue weighted by molar-refractivity contribution is -0.00455. The average molecular weight is 158 g/mol. The highest BCUT2D eigenvalue weighted by Crippen LogP contribution is 2.16. The fourth-order valence-electron chi connectivity index (χ4n) is 0.574. The molecule has 0 spiro atoms. The molecule has 0 aromatic rings. The maximum atomic E-state index is 5.67. The molecule has 0 aliphatic heterocycles. The van der Waals surface area contributed by atoms with Gasteiger partial charge in [0, 0.05) is 0 Å². The SMILES string of the molecule is CC(C)[C@H](C)OCC(C)(C)C. The lowest BCUT2D eigenvalue weighted by Crippen LogP contribution is -2.23. The van der Waals surface area contributed by atoms with E-state index in [4.69, 9.17) is 4.74 Å². The monoisotopic (exact) mass is 158 g/mol. The van der Waals surface area contributed by atoms with E-state index in [1.807, 2.05) is 0 Å². The van der Waals surface area contributed by atoms with Gasteiger partial charge in [-0.1, -0.05) is 34.6 Å². The van der Waals surface area contributed by atoms with Crippen molar-refractivity contribution in [3.05, 3.63) is 0 Å². The number of hydrogen-bond donors (Lipinski definition) is 0. The summed E-state index contributed by atoms with van der Waals surface area (Å²) in [6.45, 7) is 13.9. The Balaban J connectivity index is 3.54. The summed E-state index contributed by atoms with van der Waals surface area (Å²) >= 11 is 0. The molecule has 0 saturated heterocycles. The predicted molar refractivity (Wildman–Crippen MR) is 49.7 cm³/mol. The van der Waals surface area contributed by atoms with E-state index in [2.05, 4.69) is 41.5 Å². The van der Waals surface area contributed by atoms with Crippen molar-refractivity contribution >= 4 is 0 Å². The van der Waals surface area contributed by atoms with Crippen molar-refractivity contribution in [2.75, 3.05) is 6.61 Å². The average Bonchev–Trinajstić information content (AvgIpc) is 1.80. The molecule has 1 atom stereocenters. The number of ether oxygens (including phenoxy) is 1. The summed E-state index contributed by atoms with van der Waals surface area (Å²) in [5.41, 5.74) is 0.295. The van der Waals surface area contributed by atoms with Crippen molar-refractivity contribution in [1.29, 1.82) is 0 Å². The molecule has 68 valence electrons. The molecule has 0 aromatic heterocycles. The molecule has 0 aliphatic carbocycles. The summed E-state index contributed by atoms with van der Waals surface area (Å²) in [5, 5.41) is 0. The molecule has 0 saturated carbocycles. The van der Waals surface area contributed by atoms with Crippen molar-refractivity contribution in [2.24, 2.45) is 11.3 Å². The van der Waals surface area contributed by atoms with Crippen LogP contribution in [0.5, 0.6) is 0 Å². The molecular formula is C10H22O. The largest absolute Gasteiger partial charge is 0.378 e. The molecule has 0 heterocycles. The van der Waals surface area contributed by atoms with Crippen molar-refractivity contribution in [3.63, 3.8) is 0 Å². The second kappa shape index (κ2) is 4.10. The number of rotatable bonds is 3. The van der Waals surface area contributed by atoms with Gasteiger partial charge in [0.15, 0.2) is 0 Å². The first-order valence-electron chi connectivity index (χ1n) is 4.44. The van der Waals surface area contributed by atoms with E-state index in [0.717, 1.165) is 6.61 Å². The first-order chi connectivity index (χ1) is 4.83. The van der Waals surface area contributed by atoms with Gasteiger partial charge >= 0.3 is 0 Å². The Hall–Kier alpha value is -0.0400. The highest BCUT2D eigenvalue weighted by atomic mass is 16.5. The third-order valence-electron chi connectivity index (χ3n) is 1.72. The van der Waals surface area contributed by atoms with Gasteiger partial charge in [-0.05, 0) is 18.3 Å². The fourth-order valence-corrected chi connectivity index (χ4v) is 0.574. The normalized spacial score (nSPS) is 15.5. The molecule has 11 heavy (non-hydrogen) atoms. The van der Waals surface area contributed by atoms with Gasteiger partial charge < -0.3 is 4.74 Å². The molecule has 1 nitrogen and oxygen atoms in total. The molecule has 0 amide bonds. The van der Waals surface area contributed by atoms with Crippen molar-refractivity contribution in [3.8, 4) is 0 Å². The first-order valence-corrected chi connectivity index (χ1v) is 4.44. The lowest BCUT2D eigenvalue weighted by atomic mass is 9.98. The maximum Gasteiger partial charge on any atom is 0.0570 e. The van der Waals surface area contributed by atoms with Crippen molar-refractivity contribution in [1.82, 2.24) is 0 Å². The topological polar surface area (TPSA) is 9.23 Å². The minimum atomic E-state index is 0.295. The summed E-state index contributed by atoms with van der Waals surface area (Å²) in [6.07, 6.45) is 0.384. The van der Waals surface area contributed by atoms with E-state index in [1.54, 1.807) is 0 Å². The minimum Gasteiger partial charge on any atom is -0.378 e. The van der Waals surface area contributed by atoms with Crippen LogP contribution in [0, 0.1) is 11.3 Å². The molecule has 1 heteroatoms. The van der Waals surface area contributed by atoms with Crippen LogP contribution >= 0.6 is 0 Å². The fraction of sp³-hybridized carbons (Fsp3) is 1.00. The van der Waals surface area contributed by atoms with Crippen LogP contribution in [0.25, 0.3) is 0 Å². The highest BCUT2D eigenvalue weighted by molar-refractivity contribution is 4.62. The predicted octanol–water partition coefficient (Wildman–Crippen LogP) is 3.09. The van der Waals surface area contributed by atoms with Gasteiger partial charge in [0.25, 0.3) is 0 Å². The van der Waals surface area contributed by atoms with E-state index in [-0.39, 0.29) is 0 Å². The van der Waals surface area contributed by atoms with E-state index >= 15 is 0 Å². The summed E-state index contributed by atoms with van der Waals surface area (Å²) in [5.74, 6) is 0.623. The lowest BCUT2D eigenvalue weighted by Gasteiger charge is -2.23. The van der Waals surface area contributed by atoms with Crippen LogP contribution in [-0.4, -0.2) is 12.7 Å². The molecule has 0 unspecified atom stereocenters. The Kier molecular flexibility index (Phi) is 4.09. The quantitative estimate of drug-likeness (QED) is 0.613. The Morgan fingerprint density at radius 1 is 1.09 bits per heavy atom. The van der Waals surface area contributed by atoms with E-state index in [0.29, 0.717) is 17.4 Å². The minimum absolute atomic E-state index is 0.295. The van der Waals surface area contributed by atoms with E-state index in [1.165, 1.54) is 0 Å². The third kappa shape index (κ3) is 6.36. The van der Waals surface area contributed by atoms with Crippen LogP contribution in [0.2, 0.25) is 0 Å². The standard InChI is InChI=1S/C10H22O/c1-8(2)9(3)11-7-10(4,5)6/h8-9H,7H2,1-6H3/t9-/m0/s1. The molecule has 0 bridgehead atoms. The highest BCUT2D eigenvalue weighted by Gasteiger charge is 2.14. The maximum absolute atomic E-state index is 5.67. The third-order valence-corrected chi connectivity index (χ3v) is 1.72. The Morgan fingerprint density at radius 2 is 1.55 bits per heavy atom. The molecular weight excluding hydrogens is 136 g/mol. The molecule has 0 N–H and O–H groups in total. The summed E-state index contributed by atoms with van der Waals surface area (Å²) in [7, 11) is 0. The Labute approximate surface area is 71.1 Å². The van der Waals surface area contributed by atoms with Gasteiger partial charge in [0.1, 0.15) is 0 Å². The second-order valence-electron chi connectivity index (χ2n) is 4.82. The molecule has 0 fully saturated rings. The molecule has 0 aliphatic rings. The second-order valence-corrected chi connectivity index (χ2v) is 4.82. The van der Waals surface area contributed by atoms with Crippen molar-refractivity contribution < 1.29 is 4.74 Å².